The Morgan fingerprint density at radius 2 is 1.70 bits per heavy atom. The summed E-state index contributed by atoms with van der Waals surface area (Å²) in [4.78, 5) is 28.5. The van der Waals surface area contributed by atoms with Gasteiger partial charge in [-0.3, -0.25) is 10.1 Å². The van der Waals surface area contributed by atoms with Gasteiger partial charge in [-0.25, -0.2) is 9.48 Å². The molecule has 2 aromatic carbocycles. The summed E-state index contributed by atoms with van der Waals surface area (Å²) >= 11 is 1.71. The monoisotopic (exact) mass is 607 g/mol. The van der Waals surface area contributed by atoms with E-state index in [4.69, 9.17) is 5.10 Å². The molecule has 6 rings (SSSR count). The van der Waals surface area contributed by atoms with Gasteiger partial charge >= 0.3 is 6.03 Å². The molecule has 3 N–H and O–H groups in total. The molecule has 1 aliphatic heterocycles. The van der Waals surface area contributed by atoms with Gasteiger partial charge in [0.05, 0.1) is 11.4 Å². The van der Waals surface area contributed by atoms with Crippen molar-refractivity contribution in [2.24, 2.45) is 5.92 Å². The van der Waals surface area contributed by atoms with E-state index in [0.717, 1.165) is 66.9 Å². The number of aryl methyl sites for hydroxylation is 2. The van der Waals surface area contributed by atoms with Crippen molar-refractivity contribution in [2.45, 2.75) is 64.7 Å². The standard InChI is InChI=1S/C36H41N5O2S/c1-23-5-13-29(14-6-23)41-32(22-31(40-41)36(2,3)4)39-35(43)38-28-11-9-25(10-12-28)33(26-15-18-37-19-16-26)34(42)27-8-7-24-17-20-44-30(24)21-27/h5-6,9-14,17,20-22,26,33,37H,7-8,15-16,18-19H2,1-4H3,(H2,38,39,43). The van der Waals surface area contributed by atoms with Crippen molar-refractivity contribution >= 4 is 40.7 Å². The summed E-state index contributed by atoms with van der Waals surface area (Å²) < 4.78 is 1.77. The number of thiophene rings is 1. The second-order valence-electron chi connectivity index (χ2n) is 13.0. The third-order valence-corrected chi connectivity index (χ3v) is 9.64. The van der Waals surface area contributed by atoms with Crippen LogP contribution in [0.5, 0.6) is 0 Å². The average Bonchev–Trinajstić information content (AvgIpc) is 3.66. The predicted octanol–water partition coefficient (Wildman–Crippen LogP) is 7.87. The molecule has 0 radical (unpaired) electrons. The SMILES string of the molecule is Cc1ccc(-n2nc(C(C)(C)C)cc2NC(=O)Nc2ccc(C(C(=O)C3=Cc4sccc4CC3)C3CCNCC3)cc2)cc1. The number of carbonyl (C=O) groups excluding carboxylic acids is 2. The van der Waals surface area contributed by atoms with Crippen LogP contribution < -0.4 is 16.0 Å². The van der Waals surface area contributed by atoms with Crippen LogP contribution in [0.15, 0.2) is 71.6 Å². The van der Waals surface area contributed by atoms with E-state index >= 15 is 0 Å². The second kappa shape index (κ2) is 12.5. The Hall–Kier alpha value is -4.01. The zero-order valence-electron chi connectivity index (χ0n) is 25.9. The summed E-state index contributed by atoms with van der Waals surface area (Å²) in [5.74, 6) is 0.940. The van der Waals surface area contributed by atoms with Gasteiger partial charge in [-0.05, 0) is 110 Å². The number of carbonyl (C=O) groups is 2. The van der Waals surface area contributed by atoms with Gasteiger partial charge in [0.2, 0.25) is 0 Å². The number of nitrogens with one attached hydrogen (secondary N) is 3. The first kappa shape index (κ1) is 30.0. The van der Waals surface area contributed by atoms with Gasteiger partial charge in [0.1, 0.15) is 5.82 Å². The van der Waals surface area contributed by atoms with E-state index in [0.29, 0.717) is 11.5 Å². The number of fused-ring (bicyclic) bond motifs is 1. The lowest BCUT2D eigenvalue weighted by atomic mass is 9.75. The fourth-order valence-electron chi connectivity index (χ4n) is 6.16. The van der Waals surface area contributed by atoms with Crippen molar-refractivity contribution in [3.63, 3.8) is 0 Å². The number of hydrogen-bond donors (Lipinski definition) is 3. The summed E-state index contributed by atoms with van der Waals surface area (Å²) in [6.45, 7) is 10.2. The number of ketones is 1. The molecule has 228 valence electrons. The van der Waals surface area contributed by atoms with Gasteiger partial charge in [-0.15, -0.1) is 11.3 Å². The van der Waals surface area contributed by atoms with E-state index in [-0.39, 0.29) is 29.1 Å². The molecule has 44 heavy (non-hydrogen) atoms. The van der Waals surface area contributed by atoms with Crippen LogP contribution in [0.3, 0.4) is 0 Å². The van der Waals surface area contributed by atoms with Crippen molar-refractivity contribution in [3.05, 3.63) is 98.9 Å². The summed E-state index contributed by atoms with van der Waals surface area (Å²) in [5.41, 5.74) is 6.69. The molecule has 1 unspecified atom stereocenters. The molecule has 0 saturated carbocycles. The third-order valence-electron chi connectivity index (χ3n) is 8.73. The largest absolute Gasteiger partial charge is 0.324 e. The van der Waals surface area contributed by atoms with E-state index in [1.165, 1.54) is 10.4 Å². The van der Waals surface area contributed by atoms with Crippen molar-refractivity contribution in [1.29, 1.82) is 0 Å². The Morgan fingerprint density at radius 1 is 0.977 bits per heavy atom. The highest BCUT2D eigenvalue weighted by molar-refractivity contribution is 7.11. The predicted molar refractivity (Wildman–Crippen MR) is 180 cm³/mol. The van der Waals surface area contributed by atoms with E-state index in [2.05, 4.69) is 54.2 Å². The van der Waals surface area contributed by atoms with Crippen LogP contribution >= 0.6 is 11.3 Å². The molecule has 2 aliphatic rings. The second-order valence-corrected chi connectivity index (χ2v) is 14.0. The molecule has 1 saturated heterocycles. The van der Waals surface area contributed by atoms with Crippen LogP contribution in [0.2, 0.25) is 0 Å². The van der Waals surface area contributed by atoms with E-state index in [1.807, 2.05) is 61.5 Å². The number of piperidine rings is 1. The van der Waals surface area contributed by atoms with E-state index < -0.39 is 0 Å². The van der Waals surface area contributed by atoms with E-state index in [9.17, 15) is 9.59 Å². The number of Topliss-reactive ketones (excluding diaryl/α,β-unsaturated/α-hetero) is 1. The lowest BCUT2D eigenvalue weighted by Gasteiger charge is -2.31. The van der Waals surface area contributed by atoms with Gasteiger partial charge < -0.3 is 10.6 Å². The number of benzene rings is 2. The molecular weight excluding hydrogens is 566 g/mol. The minimum atomic E-state index is -0.350. The van der Waals surface area contributed by atoms with Gasteiger partial charge in [-0.2, -0.15) is 5.10 Å². The van der Waals surface area contributed by atoms with Crippen LogP contribution in [0.1, 0.15) is 73.2 Å². The van der Waals surface area contributed by atoms with Gasteiger partial charge in [0.25, 0.3) is 0 Å². The first-order chi connectivity index (χ1) is 21.2. The number of nitrogens with zero attached hydrogens (tertiary/aromatic N) is 2. The zero-order chi connectivity index (χ0) is 30.8. The molecule has 0 spiro atoms. The Morgan fingerprint density at radius 3 is 2.41 bits per heavy atom. The number of anilines is 2. The topological polar surface area (TPSA) is 88.1 Å². The van der Waals surface area contributed by atoms with Crippen LogP contribution in [0.4, 0.5) is 16.3 Å². The third kappa shape index (κ3) is 6.56. The Kier molecular flexibility index (Phi) is 8.56. The lowest BCUT2D eigenvalue weighted by Crippen LogP contribution is -2.34. The van der Waals surface area contributed by atoms with Crippen LogP contribution in [-0.2, 0) is 16.6 Å². The van der Waals surface area contributed by atoms with Crippen LogP contribution in [0, 0.1) is 12.8 Å². The van der Waals surface area contributed by atoms with Crippen molar-refractivity contribution in [2.75, 3.05) is 23.7 Å². The minimum absolute atomic E-state index is 0.180. The highest BCUT2D eigenvalue weighted by Gasteiger charge is 2.33. The molecule has 1 atom stereocenters. The Labute approximate surface area is 263 Å². The summed E-state index contributed by atoms with van der Waals surface area (Å²) in [6.07, 6.45) is 5.78. The zero-order valence-corrected chi connectivity index (χ0v) is 26.8. The molecular formula is C36H41N5O2S. The minimum Gasteiger partial charge on any atom is -0.317 e. The fourth-order valence-corrected chi connectivity index (χ4v) is 7.07. The quantitative estimate of drug-likeness (QED) is 0.200. The number of hydrogen-bond acceptors (Lipinski definition) is 5. The molecule has 7 nitrogen and oxygen atoms in total. The Balaban J connectivity index is 1.20. The lowest BCUT2D eigenvalue weighted by molar-refractivity contribution is -0.118. The molecule has 0 bridgehead atoms. The van der Waals surface area contributed by atoms with Crippen molar-refractivity contribution in [3.8, 4) is 5.69 Å². The first-order valence-corrected chi connectivity index (χ1v) is 16.4. The molecule has 3 heterocycles. The molecule has 8 heteroatoms. The number of allylic oxidation sites excluding steroid dienone is 1. The summed E-state index contributed by atoms with van der Waals surface area (Å²) in [7, 11) is 0. The maximum atomic E-state index is 14.1. The molecule has 1 fully saturated rings. The van der Waals surface area contributed by atoms with Gasteiger partial charge in [0.15, 0.2) is 5.78 Å². The van der Waals surface area contributed by atoms with Crippen molar-refractivity contribution in [1.82, 2.24) is 15.1 Å². The summed E-state index contributed by atoms with van der Waals surface area (Å²) in [6, 6.07) is 19.6. The van der Waals surface area contributed by atoms with Crippen LogP contribution in [0.25, 0.3) is 11.8 Å². The number of aromatic nitrogens is 2. The number of amides is 2. The highest BCUT2D eigenvalue weighted by Crippen LogP contribution is 2.38. The van der Waals surface area contributed by atoms with Gasteiger partial charge in [-0.1, -0.05) is 50.6 Å². The number of rotatable bonds is 7. The number of urea groups is 1. The summed E-state index contributed by atoms with van der Waals surface area (Å²) in [5, 5.41) is 16.3. The fraction of sp³-hybridized carbons (Fsp3) is 0.361. The van der Waals surface area contributed by atoms with Crippen molar-refractivity contribution < 1.29 is 9.59 Å². The first-order valence-electron chi connectivity index (χ1n) is 15.5. The van der Waals surface area contributed by atoms with E-state index in [1.54, 1.807) is 16.0 Å². The Bertz CT molecular complexity index is 1670. The smallest absolute Gasteiger partial charge is 0.317 e. The van der Waals surface area contributed by atoms with Crippen LogP contribution in [-0.4, -0.2) is 34.7 Å². The molecule has 4 aromatic rings. The molecule has 1 aliphatic carbocycles. The normalized spacial score (nSPS) is 16.1. The molecule has 2 aromatic heterocycles. The average molecular weight is 608 g/mol. The maximum Gasteiger partial charge on any atom is 0.324 e. The molecule has 2 amide bonds. The highest BCUT2D eigenvalue weighted by atomic mass is 32.1. The maximum absolute atomic E-state index is 14.1. The van der Waals surface area contributed by atoms with Gasteiger partial charge in [0, 0.05) is 28.0 Å².